The van der Waals surface area contributed by atoms with Crippen molar-refractivity contribution in [3.63, 3.8) is 0 Å². The number of thioether (sulfide) groups is 1. The van der Waals surface area contributed by atoms with E-state index in [0.717, 1.165) is 23.4 Å². The Hall–Kier alpha value is -2.01. The molecule has 1 heterocycles. The third kappa shape index (κ3) is 3.67. The number of nitrogens with one attached hydrogen (secondary N) is 1. The summed E-state index contributed by atoms with van der Waals surface area (Å²) in [7, 11) is 0. The molecule has 0 aromatic heterocycles. The molecule has 0 spiro atoms. The maximum Gasteiger partial charge on any atom is 0.323 e. The van der Waals surface area contributed by atoms with Crippen molar-refractivity contribution in [2.75, 3.05) is 17.6 Å². The molecule has 3 nitrogen and oxygen atoms in total. The molecule has 0 bridgehead atoms. The second kappa shape index (κ2) is 7.04. The van der Waals surface area contributed by atoms with Crippen LogP contribution in [0.25, 0.3) is 0 Å². The summed E-state index contributed by atoms with van der Waals surface area (Å²) in [4.78, 5) is 14.4. The van der Waals surface area contributed by atoms with Crippen LogP contribution in [-0.2, 0) is 6.42 Å². The predicted molar refractivity (Wildman–Crippen MR) is 93.1 cm³/mol. The van der Waals surface area contributed by atoms with Crippen molar-refractivity contribution in [1.29, 1.82) is 0 Å². The van der Waals surface area contributed by atoms with E-state index in [9.17, 15) is 9.18 Å². The quantitative estimate of drug-likeness (QED) is 0.887. The number of carbonyl (C=O) groups is 1. The number of hydrogen-bond donors (Lipinski definition) is 1. The lowest BCUT2D eigenvalue weighted by Crippen LogP contribution is -2.34. The minimum atomic E-state index is -0.272. The summed E-state index contributed by atoms with van der Waals surface area (Å²) in [5, 5.41) is 2.81. The number of benzene rings is 2. The van der Waals surface area contributed by atoms with Gasteiger partial charge in [0.25, 0.3) is 0 Å². The highest BCUT2D eigenvalue weighted by molar-refractivity contribution is 7.99. The Morgan fingerprint density at radius 3 is 2.91 bits per heavy atom. The fraction of sp³-hybridized carbons (Fsp3) is 0.278. The highest BCUT2D eigenvalue weighted by atomic mass is 32.2. The van der Waals surface area contributed by atoms with Gasteiger partial charge in [-0.2, -0.15) is 0 Å². The molecule has 1 aliphatic heterocycles. The average Bonchev–Trinajstić information content (AvgIpc) is 3.05. The van der Waals surface area contributed by atoms with Crippen LogP contribution in [0.5, 0.6) is 0 Å². The van der Waals surface area contributed by atoms with Gasteiger partial charge in [0.15, 0.2) is 0 Å². The maximum atomic E-state index is 13.5. The van der Waals surface area contributed by atoms with E-state index in [0.29, 0.717) is 6.54 Å². The molecule has 0 radical (unpaired) electrons. The fourth-order valence-corrected chi connectivity index (χ4v) is 3.92. The molecular formula is C18H19FN2OS. The lowest BCUT2D eigenvalue weighted by Gasteiger charge is -2.24. The molecule has 1 N–H and O–H groups in total. The monoisotopic (exact) mass is 330 g/mol. The summed E-state index contributed by atoms with van der Waals surface area (Å²) in [6.07, 6.45) is 0.926. The number of anilines is 1. The van der Waals surface area contributed by atoms with Gasteiger partial charge in [0.1, 0.15) is 11.2 Å². The Morgan fingerprint density at radius 2 is 2.13 bits per heavy atom. The largest absolute Gasteiger partial charge is 0.323 e. The van der Waals surface area contributed by atoms with Crippen LogP contribution in [0.4, 0.5) is 14.9 Å². The van der Waals surface area contributed by atoms with Gasteiger partial charge in [-0.3, -0.25) is 0 Å². The smallest absolute Gasteiger partial charge is 0.308 e. The van der Waals surface area contributed by atoms with E-state index in [1.54, 1.807) is 22.7 Å². The Kier molecular flexibility index (Phi) is 4.86. The molecule has 5 heteroatoms. The topological polar surface area (TPSA) is 32.3 Å². The summed E-state index contributed by atoms with van der Waals surface area (Å²) in [5.74, 6) is 0.579. The van der Waals surface area contributed by atoms with E-state index >= 15 is 0 Å². The summed E-state index contributed by atoms with van der Waals surface area (Å²) < 4.78 is 13.5. The van der Waals surface area contributed by atoms with E-state index in [4.69, 9.17) is 0 Å². The zero-order valence-corrected chi connectivity index (χ0v) is 13.8. The van der Waals surface area contributed by atoms with Gasteiger partial charge in [-0.25, -0.2) is 9.18 Å². The van der Waals surface area contributed by atoms with Crippen LogP contribution in [0.2, 0.25) is 0 Å². The Morgan fingerprint density at radius 1 is 1.30 bits per heavy atom. The minimum Gasteiger partial charge on any atom is -0.308 e. The number of hydrogen-bond acceptors (Lipinski definition) is 2. The Balaban J connectivity index is 1.75. The van der Waals surface area contributed by atoms with E-state index in [-0.39, 0.29) is 17.2 Å². The molecule has 2 aromatic carbocycles. The average molecular weight is 330 g/mol. The number of halogens is 1. The first kappa shape index (κ1) is 15.9. The summed E-state index contributed by atoms with van der Waals surface area (Å²) in [6, 6.07) is 14.2. The van der Waals surface area contributed by atoms with Crippen molar-refractivity contribution >= 4 is 23.5 Å². The molecule has 0 saturated carbocycles. The highest BCUT2D eigenvalue weighted by Gasteiger charge is 2.30. The van der Waals surface area contributed by atoms with Gasteiger partial charge in [0, 0.05) is 18.0 Å². The fourth-order valence-electron chi connectivity index (χ4n) is 2.68. The van der Waals surface area contributed by atoms with E-state index in [2.05, 4.69) is 12.2 Å². The van der Waals surface area contributed by atoms with E-state index < -0.39 is 0 Å². The molecule has 3 rings (SSSR count). The van der Waals surface area contributed by atoms with Crippen LogP contribution in [0, 0.1) is 5.82 Å². The number of urea groups is 1. The normalized spacial score (nSPS) is 17.3. The van der Waals surface area contributed by atoms with Crippen molar-refractivity contribution in [2.45, 2.75) is 18.7 Å². The number of carbonyl (C=O) groups excluding carboxylic acids is 1. The summed E-state index contributed by atoms with van der Waals surface area (Å²) in [5.41, 5.74) is 2.80. The molecule has 0 aliphatic carbocycles. The summed E-state index contributed by atoms with van der Waals surface area (Å²) >= 11 is 1.66. The highest BCUT2D eigenvalue weighted by Crippen LogP contribution is 2.38. The van der Waals surface area contributed by atoms with Gasteiger partial charge < -0.3 is 10.2 Å². The maximum absolute atomic E-state index is 13.5. The molecule has 1 fully saturated rings. The van der Waals surface area contributed by atoms with Crippen molar-refractivity contribution in [3.05, 3.63) is 65.5 Å². The molecule has 1 saturated heterocycles. The van der Waals surface area contributed by atoms with Gasteiger partial charge in [-0.1, -0.05) is 31.2 Å². The number of amides is 2. The summed E-state index contributed by atoms with van der Waals surface area (Å²) in [6.45, 7) is 2.74. The molecule has 23 heavy (non-hydrogen) atoms. The van der Waals surface area contributed by atoms with Crippen molar-refractivity contribution in [1.82, 2.24) is 4.90 Å². The standard InChI is InChI=1S/C18H19FN2OS/c1-2-13-5-3-8-16(11-13)20-18(22)21-9-10-23-17(21)14-6-4-7-15(19)12-14/h3-8,11-12,17H,2,9-10H2,1H3,(H,20,22)/t17-/m1/s1. The van der Waals surface area contributed by atoms with Crippen LogP contribution < -0.4 is 5.32 Å². The van der Waals surface area contributed by atoms with Crippen molar-refractivity contribution < 1.29 is 9.18 Å². The first-order chi connectivity index (χ1) is 11.2. The van der Waals surface area contributed by atoms with Gasteiger partial charge in [-0.05, 0) is 41.8 Å². The zero-order chi connectivity index (χ0) is 16.2. The first-order valence-corrected chi connectivity index (χ1v) is 8.76. The molecular weight excluding hydrogens is 311 g/mol. The van der Waals surface area contributed by atoms with Gasteiger partial charge in [0.05, 0.1) is 0 Å². The van der Waals surface area contributed by atoms with Crippen LogP contribution >= 0.6 is 11.8 Å². The van der Waals surface area contributed by atoms with E-state index in [1.807, 2.05) is 30.3 Å². The molecule has 120 valence electrons. The number of rotatable bonds is 3. The van der Waals surface area contributed by atoms with E-state index in [1.165, 1.54) is 17.7 Å². The molecule has 2 amide bonds. The third-order valence-corrected chi connectivity index (χ3v) is 5.13. The Labute approximate surface area is 139 Å². The van der Waals surface area contributed by atoms with Gasteiger partial charge >= 0.3 is 6.03 Å². The zero-order valence-electron chi connectivity index (χ0n) is 13.0. The second-order valence-corrected chi connectivity index (χ2v) is 6.64. The second-order valence-electron chi connectivity index (χ2n) is 5.46. The molecule has 2 aromatic rings. The predicted octanol–water partition coefficient (Wildman–Crippen LogP) is 4.67. The molecule has 1 atom stereocenters. The lowest BCUT2D eigenvalue weighted by atomic mass is 10.1. The SMILES string of the molecule is CCc1cccc(NC(=O)N2CCS[C@@H]2c2cccc(F)c2)c1. The van der Waals surface area contributed by atoms with Crippen LogP contribution in [0.1, 0.15) is 23.4 Å². The molecule has 0 unspecified atom stereocenters. The van der Waals surface area contributed by atoms with Crippen LogP contribution in [0.3, 0.4) is 0 Å². The van der Waals surface area contributed by atoms with Crippen LogP contribution in [-0.4, -0.2) is 23.2 Å². The first-order valence-electron chi connectivity index (χ1n) is 7.71. The minimum absolute atomic E-state index is 0.139. The molecule has 1 aliphatic rings. The van der Waals surface area contributed by atoms with Crippen LogP contribution in [0.15, 0.2) is 48.5 Å². The Bertz CT molecular complexity index is 707. The third-order valence-electron chi connectivity index (χ3n) is 3.87. The lowest BCUT2D eigenvalue weighted by molar-refractivity contribution is 0.214. The van der Waals surface area contributed by atoms with Gasteiger partial charge in [0.2, 0.25) is 0 Å². The van der Waals surface area contributed by atoms with Gasteiger partial charge in [-0.15, -0.1) is 11.8 Å². The van der Waals surface area contributed by atoms with Crippen molar-refractivity contribution in [3.8, 4) is 0 Å². The number of nitrogens with zero attached hydrogens (tertiary/aromatic N) is 1. The number of aryl methyl sites for hydroxylation is 1. The van der Waals surface area contributed by atoms with Crippen molar-refractivity contribution in [2.24, 2.45) is 0 Å².